The third-order valence-electron chi connectivity index (χ3n) is 3.74. The fourth-order valence-electron chi connectivity index (χ4n) is 2.25. The quantitative estimate of drug-likeness (QED) is 0.536. The molecule has 2 atom stereocenters. The summed E-state index contributed by atoms with van der Waals surface area (Å²) < 4.78 is 0. The molecule has 0 saturated heterocycles. The second-order valence-electron chi connectivity index (χ2n) is 6.10. The lowest BCUT2D eigenvalue weighted by atomic mass is 10.0. The van der Waals surface area contributed by atoms with Crippen LogP contribution in [0.2, 0.25) is 0 Å². The van der Waals surface area contributed by atoms with Gasteiger partial charge in [0.25, 0.3) is 0 Å². The van der Waals surface area contributed by atoms with Gasteiger partial charge in [0.2, 0.25) is 0 Å². The largest absolute Gasteiger partial charge is 0.481 e. The minimum Gasteiger partial charge on any atom is -0.481 e. The average Bonchev–Trinajstić information content (AvgIpc) is 2.58. The molecule has 0 aliphatic carbocycles. The predicted octanol–water partition coefficient (Wildman–Crippen LogP) is 3.57. The van der Waals surface area contributed by atoms with Gasteiger partial charge < -0.3 is 15.3 Å². The summed E-state index contributed by atoms with van der Waals surface area (Å²) in [7, 11) is 0. The van der Waals surface area contributed by atoms with E-state index in [1.807, 2.05) is 0 Å². The van der Waals surface area contributed by atoms with Gasteiger partial charge >= 0.3 is 5.97 Å². The van der Waals surface area contributed by atoms with E-state index in [9.17, 15) is 15.0 Å². The van der Waals surface area contributed by atoms with Crippen molar-refractivity contribution in [2.45, 2.75) is 51.2 Å². The van der Waals surface area contributed by atoms with Crippen LogP contribution in [0, 0.1) is 6.92 Å². The molecule has 25 heavy (non-hydrogen) atoms. The topological polar surface area (TPSA) is 77.8 Å². The number of hydrogen-bond donors (Lipinski definition) is 3. The minimum absolute atomic E-state index is 0.0517. The molecule has 0 aliphatic rings. The van der Waals surface area contributed by atoms with E-state index in [2.05, 4.69) is 31.2 Å². The molecular formula is C21H28O4. The van der Waals surface area contributed by atoms with Gasteiger partial charge in [0.05, 0.1) is 12.2 Å². The number of rotatable bonds is 11. The van der Waals surface area contributed by atoms with Gasteiger partial charge in [-0.1, -0.05) is 66.3 Å². The van der Waals surface area contributed by atoms with Crippen LogP contribution in [-0.4, -0.2) is 33.5 Å². The Balaban J connectivity index is 2.19. The molecule has 1 aromatic carbocycles. The van der Waals surface area contributed by atoms with Gasteiger partial charge in [0.15, 0.2) is 0 Å². The van der Waals surface area contributed by atoms with Crippen molar-refractivity contribution in [1.82, 2.24) is 0 Å². The van der Waals surface area contributed by atoms with Crippen molar-refractivity contribution in [3.05, 3.63) is 71.8 Å². The number of aliphatic carboxylic acids is 1. The Morgan fingerprint density at radius 2 is 1.52 bits per heavy atom. The number of hydrogen-bond acceptors (Lipinski definition) is 3. The number of aliphatic hydroxyl groups is 2. The van der Waals surface area contributed by atoms with E-state index in [4.69, 9.17) is 5.11 Å². The van der Waals surface area contributed by atoms with E-state index in [0.717, 1.165) is 12.8 Å². The fraction of sp³-hybridized carbons (Fsp3) is 0.381. The molecule has 2 unspecified atom stereocenters. The highest BCUT2D eigenvalue weighted by molar-refractivity contribution is 5.66. The molecule has 4 heteroatoms. The van der Waals surface area contributed by atoms with Crippen LogP contribution < -0.4 is 0 Å². The van der Waals surface area contributed by atoms with Crippen LogP contribution in [0.3, 0.4) is 0 Å². The van der Waals surface area contributed by atoms with Crippen molar-refractivity contribution in [3.8, 4) is 0 Å². The van der Waals surface area contributed by atoms with Crippen LogP contribution in [0.25, 0.3) is 0 Å². The van der Waals surface area contributed by atoms with Crippen molar-refractivity contribution in [1.29, 1.82) is 0 Å². The van der Waals surface area contributed by atoms with E-state index in [1.165, 1.54) is 11.1 Å². The van der Waals surface area contributed by atoms with E-state index in [-0.39, 0.29) is 12.8 Å². The Labute approximate surface area is 149 Å². The van der Waals surface area contributed by atoms with Crippen molar-refractivity contribution >= 4 is 5.97 Å². The fourth-order valence-corrected chi connectivity index (χ4v) is 2.25. The van der Waals surface area contributed by atoms with E-state index in [0.29, 0.717) is 6.42 Å². The highest BCUT2D eigenvalue weighted by Gasteiger charge is 2.02. The zero-order valence-corrected chi connectivity index (χ0v) is 14.7. The minimum atomic E-state index is -0.915. The highest BCUT2D eigenvalue weighted by Crippen LogP contribution is 2.09. The molecular weight excluding hydrogens is 316 g/mol. The molecule has 0 saturated carbocycles. The number of carboxylic acid groups (broad SMARTS) is 1. The summed E-state index contributed by atoms with van der Waals surface area (Å²) in [6.07, 6.45) is 11.7. The predicted molar refractivity (Wildman–Crippen MR) is 100 cm³/mol. The van der Waals surface area contributed by atoms with Gasteiger partial charge in [0, 0.05) is 6.42 Å². The molecule has 0 spiro atoms. The van der Waals surface area contributed by atoms with Gasteiger partial charge in [-0.15, -0.1) is 0 Å². The number of carbonyl (C=O) groups is 1. The summed E-state index contributed by atoms with van der Waals surface area (Å²) in [5, 5.41) is 27.9. The van der Waals surface area contributed by atoms with E-state index >= 15 is 0 Å². The summed E-state index contributed by atoms with van der Waals surface area (Å²) in [5.74, 6) is -0.915. The molecule has 0 radical (unpaired) electrons. The molecule has 136 valence electrons. The molecule has 1 aromatic rings. The maximum absolute atomic E-state index is 10.4. The van der Waals surface area contributed by atoms with Crippen LogP contribution in [0.1, 0.15) is 36.8 Å². The molecule has 0 bridgehead atoms. The molecule has 1 rings (SSSR count). The molecule has 4 nitrogen and oxygen atoms in total. The zero-order chi connectivity index (χ0) is 18.5. The van der Waals surface area contributed by atoms with Crippen LogP contribution in [0.5, 0.6) is 0 Å². The monoisotopic (exact) mass is 344 g/mol. The molecule has 0 heterocycles. The lowest BCUT2D eigenvalue weighted by molar-refractivity contribution is -0.137. The lowest BCUT2D eigenvalue weighted by Gasteiger charge is -2.05. The average molecular weight is 344 g/mol. The second-order valence-corrected chi connectivity index (χ2v) is 6.10. The third-order valence-corrected chi connectivity index (χ3v) is 3.74. The first-order valence-corrected chi connectivity index (χ1v) is 8.62. The van der Waals surface area contributed by atoms with E-state index in [1.54, 1.807) is 36.5 Å². The van der Waals surface area contributed by atoms with Gasteiger partial charge in [-0.05, 0) is 38.2 Å². The van der Waals surface area contributed by atoms with Gasteiger partial charge in [0.1, 0.15) is 0 Å². The first kappa shape index (κ1) is 20.9. The summed E-state index contributed by atoms with van der Waals surface area (Å²) in [6.45, 7) is 2.07. The van der Waals surface area contributed by atoms with E-state index < -0.39 is 18.2 Å². The Hall–Kier alpha value is -2.17. The number of aryl methyl sites for hydroxylation is 2. The Morgan fingerprint density at radius 3 is 2.08 bits per heavy atom. The van der Waals surface area contributed by atoms with Crippen LogP contribution in [-0.2, 0) is 11.2 Å². The molecule has 0 aromatic heterocycles. The number of aliphatic hydroxyl groups excluding tert-OH is 2. The standard InChI is InChI=1S/C21H28O4/c1-17-11-13-18(14-12-17)7-6-10-19(22)8-4-2-3-5-9-20(23)15-16-21(24)25/h2-5,8-9,11-14,19-20,22-23H,6-7,10,15-16H2,1H3,(H,24,25)/b3-2-,8-4+,9-5+. The Kier molecular flexibility index (Phi) is 10.2. The maximum Gasteiger partial charge on any atom is 0.303 e. The summed E-state index contributed by atoms with van der Waals surface area (Å²) >= 11 is 0. The third kappa shape index (κ3) is 11.1. The highest BCUT2D eigenvalue weighted by atomic mass is 16.4. The first-order valence-electron chi connectivity index (χ1n) is 8.62. The second kappa shape index (κ2) is 12.2. The summed E-state index contributed by atoms with van der Waals surface area (Å²) in [6, 6.07) is 8.44. The van der Waals surface area contributed by atoms with Crippen LogP contribution in [0.4, 0.5) is 0 Å². The molecule has 0 amide bonds. The zero-order valence-electron chi connectivity index (χ0n) is 14.7. The number of benzene rings is 1. The molecule has 3 N–H and O–H groups in total. The maximum atomic E-state index is 10.4. The summed E-state index contributed by atoms with van der Waals surface area (Å²) in [4.78, 5) is 10.4. The van der Waals surface area contributed by atoms with Crippen molar-refractivity contribution in [2.75, 3.05) is 0 Å². The first-order chi connectivity index (χ1) is 12.0. The SMILES string of the molecule is Cc1ccc(CCCC(O)/C=C/C=C\C=C\C(O)CCC(=O)O)cc1. The van der Waals surface area contributed by atoms with Crippen molar-refractivity contribution in [3.63, 3.8) is 0 Å². The van der Waals surface area contributed by atoms with Gasteiger partial charge in [-0.3, -0.25) is 4.79 Å². The summed E-state index contributed by atoms with van der Waals surface area (Å²) in [5.41, 5.74) is 2.54. The van der Waals surface area contributed by atoms with Crippen molar-refractivity contribution < 1.29 is 20.1 Å². The van der Waals surface area contributed by atoms with Gasteiger partial charge in [-0.25, -0.2) is 0 Å². The van der Waals surface area contributed by atoms with Gasteiger partial charge in [-0.2, -0.15) is 0 Å². The van der Waals surface area contributed by atoms with Crippen LogP contribution in [0.15, 0.2) is 60.7 Å². The Morgan fingerprint density at radius 1 is 0.960 bits per heavy atom. The van der Waals surface area contributed by atoms with Crippen molar-refractivity contribution in [2.24, 2.45) is 0 Å². The molecule has 0 aliphatic heterocycles. The van der Waals surface area contributed by atoms with Crippen LogP contribution >= 0.6 is 0 Å². The smallest absolute Gasteiger partial charge is 0.303 e. The molecule has 0 fully saturated rings. The Bertz CT molecular complexity index is 584. The number of carboxylic acids is 1. The normalized spacial score (nSPS) is 14.5. The number of allylic oxidation sites excluding steroid dienone is 4. The lowest BCUT2D eigenvalue weighted by Crippen LogP contribution is -2.05.